The molecule has 1 aromatic carbocycles. The first kappa shape index (κ1) is 9.62. The summed E-state index contributed by atoms with van der Waals surface area (Å²) in [5.41, 5.74) is 2.03. The van der Waals surface area contributed by atoms with Crippen molar-refractivity contribution in [2.75, 3.05) is 30.9 Å². The number of hydrogen-bond donors (Lipinski definition) is 2. The van der Waals surface area contributed by atoms with Gasteiger partial charge in [-0.05, 0) is 12.1 Å². The molecule has 0 aliphatic carbocycles. The van der Waals surface area contributed by atoms with Crippen LogP contribution in [-0.2, 0) is 4.74 Å². The first-order chi connectivity index (χ1) is 6.81. The van der Waals surface area contributed by atoms with Gasteiger partial charge in [-0.2, -0.15) is 0 Å². The molecule has 1 atom stereocenters. The van der Waals surface area contributed by atoms with E-state index >= 15 is 0 Å². The lowest BCUT2D eigenvalue weighted by atomic mass is 10.1. The fraction of sp³-hybridized carbons (Fsp3) is 0.400. The molecule has 3 nitrogen and oxygen atoms in total. The number of halogens is 1. The fourth-order valence-electron chi connectivity index (χ4n) is 1.62. The van der Waals surface area contributed by atoms with Crippen LogP contribution in [0.5, 0.6) is 0 Å². The summed E-state index contributed by atoms with van der Waals surface area (Å²) in [6.07, 6.45) is 0. The maximum Gasteiger partial charge on any atom is 0.0766 e. The molecule has 1 heterocycles. The number of anilines is 2. The number of nitrogens with one attached hydrogen (secondary N) is 2. The van der Waals surface area contributed by atoms with Crippen molar-refractivity contribution >= 4 is 23.0 Å². The molecule has 0 spiro atoms. The molecule has 4 heteroatoms. The van der Waals surface area contributed by atoms with Crippen LogP contribution in [0.15, 0.2) is 18.2 Å². The highest BCUT2D eigenvalue weighted by Crippen LogP contribution is 2.32. The molecule has 0 aromatic heterocycles. The van der Waals surface area contributed by atoms with Gasteiger partial charge in [-0.1, -0.05) is 17.7 Å². The van der Waals surface area contributed by atoms with Crippen LogP contribution in [0.4, 0.5) is 11.4 Å². The largest absolute Gasteiger partial charge is 0.382 e. The van der Waals surface area contributed by atoms with Gasteiger partial charge in [0.15, 0.2) is 0 Å². The Kier molecular flexibility index (Phi) is 2.79. The van der Waals surface area contributed by atoms with E-state index in [2.05, 4.69) is 10.6 Å². The Hall–Kier alpha value is -0.930. The Labute approximate surface area is 88.4 Å². The van der Waals surface area contributed by atoms with Crippen LogP contribution < -0.4 is 10.6 Å². The van der Waals surface area contributed by atoms with Crippen molar-refractivity contribution in [3.8, 4) is 0 Å². The minimum Gasteiger partial charge on any atom is -0.382 e. The summed E-state index contributed by atoms with van der Waals surface area (Å²) in [7, 11) is 1.70. The fourth-order valence-corrected chi connectivity index (χ4v) is 1.86. The molecule has 0 fully saturated rings. The van der Waals surface area contributed by atoms with Crippen molar-refractivity contribution in [2.45, 2.75) is 6.04 Å². The van der Waals surface area contributed by atoms with Gasteiger partial charge in [-0.3, -0.25) is 0 Å². The van der Waals surface area contributed by atoms with Crippen LogP contribution in [0.2, 0.25) is 5.02 Å². The van der Waals surface area contributed by atoms with E-state index in [0.29, 0.717) is 12.6 Å². The summed E-state index contributed by atoms with van der Waals surface area (Å²) >= 11 is 6.03. The van der Waals surface area contributed by atoms with Crippen LogP contribution in [0.1, 0.15) is 0 Å². The Bertz CT molecular complexity index is 330. The van der Waals surface area contributed by atoms with Crippen LogP contribution in [0.3, 0.4) is 0 Å². The van der Waals surface area contributed by atoms with Crippen LogP contribution in [0, 0.1) is 0 Å². The van der Waals surface area contributed by atoms with E-state index < -0.39 is 0 Å². The molecular formula is C10H13ClN2O. The number of rotatable bonds is 2. The van der Waals surface area contributed by atoms with Gasteiger partial charge in [-0.25, -0.2) is 0 Å². The lowest BCUT2D eigenvalue weighted by Gasteiger charge is -2.28. The maximum atomic E-state index is 6.03. The smallest absolute Gasteiger partial charge is 0.0766 e. The van der Waals surface area contributed by atoms with Gasteiger partial charge in [0.05, 0.1) is 29.0 Å². The normalized spacial score (nSPS) is 19.4. The summed E-state index contributed by atoms with van der Waals surface area (Å²) < 4.78 is 5.09. The topological polar surface area (TPSA) is 33.3 Å². The van der Waals surface area contributed by atoms with Crippen molar-refractivity contribution in [3.63, 3.8) is 0 Å². The molecular weight excluding hydrogens is 200 g/mol. The summed E-state index contributed by atoms with van der Waals surface area (Å²) in [4.78, 5) is 0. The highest BCUT2D eigenvalue weighted by Gasteiger charge is 2.18. The third kappa shape index (κ3) is 1.79. The molecule has 0 saturated heterocycles. The van der Waals surface area contributed by atoms with E-state index in [9.17, 15) is 0 Å². The van der Waals surface area contributed by atoms with Gasteiger partial charge < -0.3 is 15.4 Å². The molecule has 1 aromatic rings. The Balaban J connectivity index is 2.18. The number of benzene rings is 1. The Morgan fingerprint density at radius 2 is 2.43 bits per heavy atom. The van der Waals surface area contributed by atoms with E-state index in [4.69, 9.17) is 16.3 Å². The van der Waals surface area contributed by atoms with Crippen LogP contribution >= 0.6 is 11.6 Å². The van der Waals surface area contributed by atoms with Gasteiger partial charge in [0, 0.05) is 13.7 Å². The van der Waals surface area contributed by atoms with Gasteiger partial charge >= 0.3 is 0 Å². The Morgan fingerprint density at radius 1 is 1.57 bits per heavy atom. The van der Waals surface area contributed by atoms with Crippen molar-refractivity contribution in [3.05, 3.63) is 23.2 Å². The second kappa shape index (κ2) is 4.07. The van der Waals surface area contributed by atoms with Crippen molar-refractivity contribution in [1.82, 2.24) is 0 Å². The third-order valence-corrected chi connectivity index (χ3v) is 2.58. The number of para-hydroxylation sites is 1. The zero-order chi connectivity index (χ0) is 9.97. The monoisotopic (exact) mass is 212 g/mol. The molecule has 1 aliphatic heterocycles. The number of fused-ring (bicyclic) bond motifs is 1. The Morgan fingerprint density at radius 3 is 3.21 bits per heavy atom. The first-order valence-electron chi connectivity index (χ1n) is 4.59. The summed E-state index contributed by atoms with van der Waals surface area (Å²) in [6, 6.07) is 6.14. The zero-order valence-electron chi connectivity index (χ0n) is 8.01. The van der Waals surface area contributed by atoms with E-state index in [-0.39, 0.29) is 0 Å². The predicted molar refractivity (Wildman–Crippen MR) is 59.2 cm³/mol. The van der Waals surface area contributed by atoms with Crippen molar-refractivity contribution in [1.29, 1.82) is 0 Å². The standard InChI is InChI=1S/C10H13ClN2O/c1-14-6-7-5-12-10-8(11)3-2-4-9(10)13-7/h2-4,7,12-13H,5-6H2,1H3. The minimum absolute atomic E-state index is 0.311. The summed E-state index contributed by atoms with van der Waals surface area (Å²) in [5.74, 6) is 0. The predicted octanol–water partition coefficient (Wildman–Crippen LogP) is 2.19. The van der Waals surface area contributed by atoms with Gasteiger partial charge in [-0.15, -0.1) is 0 Å². The molecule has 0 amide bonds. The zero-order valence-corrected chi connectivity index (χ0v) is 8.77. The van der Waals surface area contributed by atoms with E-state index in [1.807, 2.05) is 18.2 Å². The highest BCUT2D eigenvalue weighted by molar-refractivity contribution is 6.34. The van der Waals surface area contributed by atoms with Gasteiger partial charge in [0.1, 0.15) is 0 Å². The van der Waals surface area contributed by atoms with Gasteiger partial charge in [0.25, 0.3) is 0 Å². The van der Waals surface area contributed by atoms with E-state index in [1.54, 1.807) is 7.11 Å². The summed E-state index contributed by atoms with van der Waals surface area (Å²) in [6.45, 7) is 1.53. The number of methoxy groups -OCH3 is 1. The van der Waals surface area contributed by atoms with Crippen LogP contribution in [0.25, 0.3) is 0 Å². The minimum atomic E-state index is 0.311. The molecule has 2 rings (SSSR count). The van der Waals surface area contributed by atoms with Gasteiger partial charge in [0.2, 0.25) is 0 Å². The average molecular weight is 213 g/mol. The number of hydrogen-bond acceptors (Lipinski definition) is 3. The lowest BCUT2D eigenvalue weighted by molar-refractivity contribution is 0.188. The van der Waals surface area contributed by atoms with Crippen molar-refractivity contribution in [2.24, 2.45) is 0 Å². The lowest BCUT2D eigenvalue weighted by Crippen LogP contribution is -2.36. The van der Waals surface area contributed by atoms with Crippen molar-refractivity contribution < 1.29 is 4.74 Å². The maximum absolute atomic E-state index is 6.03. The van der Waals surface area contributed by atoms with E-state index in [1.165, 1.54) is 0 Å². The average Bonchev–Trinajstić information content (AvgIpc) is 2.18. The molecule has 76 valence electrons. The van der Waals surface area contributed by atoms with E-state index in [0.717, 1.165) is 22.9 Å². The molecule has 0 saturated carbocycles. The first-order valence-corrected chi connectivity index (χ1v) is 4.97. The number of ether oxygens (including phenoxy) is 1. The quantitative estimate of drug-likeness (QED) is 0.789. The third-order valence-electron chi connectivity index (χ3n) is 2.27. The SMILES string of the molecule is COCC1CNc2c(Cl)cccc2N1. The second-order valence-electron chi connectivity index (χ2n) is 3.34. The highest BCUT2D eigenvalue weighted by atomic mass is 35.5. The molecule has 14 heavy (non-hydrogen) atoms. The molecule has 0 radical (unpaired) electrons. The molecule has 0 bridgehead atoms. The van der Waals surface area contributed by atoms with Crippen LogP contribution in [-0.4, -0.2) is 26.3 Å². The second-order valence-corrected chi connectivity index (χ2v) is 3.75. The molecule has 2 N–H and O–H groups in total. The molecule has 1 aliphatic rings. The molecule has 1 unspecified atom stereocenters. The summed E-state index contributed by atoms with van der Waals surface area (Å²) in [5, 5.41) is 7.41.